The van der Waals surface area contributed by atoms with Gasteiger partial charge in [0.2, 0.25) is 11.9 Å². The molecule has 156 valence electrons. The van der Waals surface area contributed by atoms with E-state index in [1.165, 1.54) is 5.56 Å². The Balaban J connectivity index is 1.23. The molecule has 0 atom stereocenters. The number of hydrogen-bond acceptors (Lipinski definition) is 8. The van der Waals surface area contributed by atoms with Crippen LogP contribution in [0.25, 0.3) is 5.69 Å². The van der Waals surface area contributed by atoms with Gasteiger partial charge in [-0.05, 0) is 36.9 Å². The summed E-state index contributed by atoms with van der Waals surface area (Å²) in [6, 6.07) is 9.73. The SMILES string of the molecule is CN1Cc2cc(Cl)ccc2-n2c(nnc2N2CC3(CN(c4nccc(C#N)n4)C3)C2)C1. The summed E-state index contributed by atoms with van der Waals surface area (Å²) in [7, 11) is 2.08. The smallest absolute Gasteiger partial charge is 0.231 e. The highest BCUT2D eigenvalue weighted by molar-refractivity contribution is 6.30. The van der Waals surface area contributed by atoms with Gasteiger partial charge in [-0.25, -0.2) is 9.97 Å². The number of nitriles is 1. The Bertz CT molecular complexity index is 1220. The predicted molar refractivity (Wildman–Crippen MR) is 115 cm³/mol. The molecule has 3 aliphatic rings. The van der Waals surface area contributed by atoms with Gasteiger partial charge in [0.1, 0.15) is 11.8 Å². The lowest BCUT2D eigenvalue weighted by molar-refractivity contribution is 0.152. The molecule has 5 heterocycles. The van der Waals surface area contributed by atoms with E-state index in [2.05, 4.69) is 58.6 Å². The normalized spacial score (nSPS) is 19.1. The van der Waals surface area contributed by atoms with Gasteiger partial charge in [-0.2, -0.15) is 5.26 Å². The van der Waals surface area contributed by atoms with Crippen molar-refractivity contribution in [3.05, 3.63) is 52.6 Å². The first-order chi connectivity index (χ1) is 15.0. The van der Waals surface area contributed by atoms with Gasteiger partial charge in [-0.15, -0.1) is 10.2 Å². The van der Waals surface area contributed by atoms with E-state index in [0.717, 1.165) is 61.8 Å². The van der Waals surface area contributed by atoms with Crippen molar-refractivity contribution in [1.29, 1.82) is 5.26 Å². The first kappa shape index (κ1) is 18.5. The van der Waals surface area contributed by atoms with Crippen molar-refractivity contribution in [3.8, 4) is 11.8 Å². The summed E-state index contributed by atoms with van der Waals surface area (Å²) < 4.78 is 2.18. The van der Waals surface area contributed by atoms with Crippen molar-refractivity contribution in [2.24, 2.45) is 5.41 Å². The molecular formula is C21H20ClN9. The minimum Gasteiger partial charge on any atom is -0.339 e. The largest absolute Gasteiger partial charge is 0.339 e. The lowest BCUT2D eigenvalue weighted by atomic mass is 9.73. The first-order valence-electron chi connectivity index (χ1n) is 10.2. The second-order valence-corrected chi connectivity index (χ2v) is 9.20. The Labute approximate surface area is 184 Å². The van der Waals surface area contributed by atoms with Crippen LogP contribution >= 0.6 is 11.6 Å². The number of nitrogens with zero attached hydrogens (tertiary/aromatic N) is 9. The van der Waals surface area contributed by atoms with E-state index in [1.54, 1.807) is 12.3 Å². The van der Waals surface area contributed by atoms with E-state index in [9.17, 15) is 0 Å². The average molecular weight is 434 g/mol. The maximum Gasteiger partial charge on any atom is 0.231 e. The molecule has 0 saturated carbocycles. The molecule has 0 radical (unpaired) electrons. The van der Waals surface area contributed by atoms with Crippen LogP contribution in [-0.4, -0.2) is 62.9 Å². The molecule has 2 saturated heterocycles. The third-order valence-corrected chi connectivity index (χ3v) is 6.51. The van der Waals surface area contributed by atoms with Crippen LogP contribution in [0, 0.1) is 16.7 Å². The zero-order valence-electron chi connectivity index (χ0n) is 17.0. The summed E-state index contributed by atoms with van der Waals surface area (Å²) in [5.74, 6) is 2.46. The molecule has 0 amide bonds. The third kappa shape index (κ3) is 2.94. The van der Waals surface area contributed by atoms with Crippen LogP contribution in [0.3, 0.4) is 0 Å². The van der Waals surface area contributed by atoms with E-state index in [4.69, 9.17) is 16.9 Å². The number of rotatable bonds is 2. The summed E-state index contributed by atoms with van der Waals surface area (Å²) in [6.07, 6.45) is 1.64. The van der Waals surface area contributed by atoms with Gasteiger partial charge in [-0.3, -0.25) is 9.47 Å². The van der Waals surface area contributed by atoms with Crippen LogP contribution in [0.2, 0.25) is 5.02 Å². The average Bonchev–Trinajstić information content (AvgIpc) is 3.03. The molecule has 31 heavy (non-hydrogen) atoms. The molecule has 2 fully saturated rings. The quantitative estimate of drug-likeness (QED) is 0.605. The molecule has 0 unspecified atom stereocenters. The molecule has 1 spiro atoms. The maximum absolute atomic E-state index is 9.06. The van der Waals surface area contributed by atoms with E-state index in [0.29, 0.717) is 11.6 Å². The van der Waals surface area contributed by atoms with Gasteiger partial charge in [0.25, 0.3) is 0 Å². The third-order valence-electron chi connectivity index (χ3n) is 6.28. The van der Waals surface area contributed by atoms with Crippen LogP contribution in [0.5, 0.6) is 0 Å². The highest BCUT2D eigenvalue weighted by atomic mass is 35.5. The summed E-state index contributed by atoms with van der Waals surface area (Å²) in [5.41, 5.74) is 2.88. The number of fused-ring (bicyclic) bond motifs is 3. The molecule has 6 rings (SSSR count). The number of hydrogen-bond donors (Lipinski definition) is 0. The lowest BCUT2D eigenvalue weighted by Gasteiger charge is -2.60. The number of anilines is 2. The van der Waals surface area contributed by atoms with Gasteiger partial charge in [-0.1, -0.05) is 11.6 Å². The van der Waals surface area contributed by atoms with Crippen molar-refractivity contribution in [1.82, 2.24) is 29.6 Å². The molecule has 10 heteroatoms. The Morgan fingerprint density at radius 1 is 1.06 bits per heavy atom. The zero-order chi connectivity index (χ0) is 21.2. The van der Waals surface area contributed by atoms with Gasteiger partial charge in [0, 0.05) is 49.4 Å². The summed E-state index contributed by atoms with van der Waals surface area (Å²) in [6.45, 7) is 5.15. The van der Waals surface area contributed by atoms with Crippen molar-refractivity contribution in [3.63, 3.8) is 0 Å². The fourth-order valence-electron chi connectivity index (χ4n) is 4.92. The second-order valence-electron chi connectivity index (χ2n) is 8.76. The number of aromatic nitrogens is 5. The molecule has 0 bridgehead atoms. The minimum atomic E-state index is 0.211. The second kappa shape index (κ2) is 6.64. The summed E-state index contributed by atoms with van der Waals surface area (Å²) in [5, 5.41) is 18.8. The first-order valence-corrected chi connectivity index (χ1v) is 10.6. The van der Waals surface area contributed by atoms with E-state index < -0.39 is 0 Å². The van der Waals surface area contributed by atoms with Crippen molar-refractivity contribution in [2.45, 2.75) is 13.1 Å². The monoisotopic (exact) mass is 433 g/mol. The van der Waals surface area contributed by atoms with Crippen molar-refractivity contribution >= 4 is 23.5 Å². The van der Waals surface area contributed by atoms with Crippen LogP contribution in [0.15, 0.2) is 30.5 Å². The Hall–Kier alpha value is -3.22. The van der Waals surface area contributed by atoms with Crippen LogP contribution in [0.1, 0.15) is 17.1 Å². The van der Waals surface area contributed by atoms with Crippen LogP contribution in [0.4, 0.5) is 11.9 Å². The molecule has 2 aromatic heterocycles. The lowest BCUT2D eigenvalue weighted by Crippen LogP contribution is -2.73. The molecule has 0 N–H and O–H groups in total. The fraction of sp³-hybridized carbons (Fsp3) is 0.381. The predicted octanol–water partition coefficient (Wildman–Crippen LogP) is 1.85. The van der Waals surface area contributed by atoms with Gasteiger partial charge >= 0.3 is 0 Å². The molecule has 9 nitrogen and oxygen atoms in total. The Morgan fingerprint density at radius 3 is 2.68 bits per heavy atom. The Kier molecular flexibility index (Phi) is 3.97. The summed E-state index contributed by atoms with van der Waals surface area (Å²) in [4.78, 5) is 15.3. The number of halogens is 1. The van der Waals surface area contributed by atoms with E-state index in [1.807, 2.05) is 12.1 Å². The van der Waals surface area contributed by atoms with Crippen LogP contribution in [-0.2, 0) is 13.1 Å². The standard InChI is InChI=1S/C21H20ClN9/c1-28-8-14-6-15(22)2-3-17(14)31-18(9-28)26-27-20(31)30-12-21(13-30)10-29(11-21)19-24-5-4-16(7-23)25-19/h2-6H,8-13H2,1H3. The molecule has 0 aliphatic carbocycles. The fourth-order valence-corrected chi connectivity index (χ4v) is 5.12. The molecule has 1 aromatic carbocycles. The number of benzene rings is 1. The van der Waals surface area contributed by atoms with Gasteiger partial charge in [0.05, 0.1) is 12.2 Å². The molecular weight excluding hydrogens is 414 g/mol. The maximum atomic E-state index is 9.06. The van der Waals surface area contributed by atoms with Crippen molar-refractivity contribution in [2.75, 3.05) is 43.0 Å². The van der Waals surface area contributed by atoms with Gasteiger partial charge in [0.15, 0.2) is 5.82 Å². The Morgan fingerprint density at radius 2 is 1.87 bits per heavy atom. The van der Waals surface area contributed by atoms with E-state index >= 15 is 0 Å². The molecule has 3 aliphatic heterocycles. The van der Waals surface area contributed by atoms with Gasteiger partial charge < -0.3 is 9.80 Å². The highest BCUT2D eigenvalue weighted by Gasteiger charge is 2.53. The van der Waals surface area contributed by atoms with Crippen LogP contribution < -0.4 is 9.80 Å². The van der Waals surface area contributed by atoms with E-state index in [-0.39, 0.29) is 5.41 Å². The minimum absolute atomic E-state index is 0.211. The zero-order valence-corrected chi connectivity index (χ0v) is 17.8. The van der Waals surface area contributed by atoms with Crippen molar-refractivity contribution < 1.29 is 0 Å². The summed E-state index contributed by atoms with van der Waals surface area (Å²) >= 11 is 6.26. The topological polar surface area (TPSA) is 90.0 Å². The highest BCUT2D eigenvalue weighted by Crippen LogP contribution is 2.43. The molecule has 3 aromatic rings.